The standard InChI is InChI=1S/C14H27N3O/c1-16-11-8-13(14(16)18)17(10-5-9-15)12-6-3-2-4-7-12/h12-13H,2-11,15H2,1H3. The Labute approximate surface area is 110 Å². The normalized spacial score (nSPS) is 26.3. The Morgan fingerprint density at radius 3 is 2.56 bits per heavy atom. The molecule has 0 spiro atoms. The summed E-state index contributed by atoms with van der Waals surface area (Å²) in [5.41, 5.74) is 5.64. The molecule has 2 N–H and O–H groups in total. The van der Waals surface area contributed by atoms with Crippen LogP contribution in [0.1, 0.15) is 44.9 Å². The molecule has 1 amide bonds. The van der Waals surface area contributed by atoms with Gasteiger partial charge in [0.25, 0.3) is 0 Å². The molecule has 1 saturated carbocycles. The van der Waals surface area contributed by atoms with Gasteiger partial charge in [-0.25, -0.2) is 0 Å². The average molecular weight is 253 g/mol. The Kier molecular flexibility index (Phi) is 5.01. The smallest absolute Gasteiger partial charge is 0.239 e. The molecule has 2 aliphatic rings. The topological polar surface area (TPSA) is 49.6 Å². The Bertz CT molecular complexity index is 276. The summed E-state index contributed by atoms with van der Waals surface area (Å²) in [6, 6.07) is 0.746. The van der Waals surface area contributed by atoms with Crippen LogP contribution in [0.2, 0.25) is 0 Å². The number of hydrogen-bond acceptors (Lipinski definition) is 3. The molecule has 0 aromatic carbocycles. The maximum atomic E-state index is 12.2. The van der Waals surface area contributed by atoms with E-state index in [0.29, 0.717) is 11.9 Å². The molecule has 1 aliphatic heterocycles. The van der Waals surface area contributed by atoms with Gasteiger partial charge in [-0.05, 0) is 32.2 Å². The summed E-state index contributed by atoms with van der Waals surface area (Å²) in [4.78, 5) is 16.6. The maximum absolute atomic E-state index is 12.2. The van der Waals surface area contributed by atoms with Crippen LogP contribution in [0.3, 0.4) is 0 Å². The van der Waals surface area contributed by atoms with Gasteiger partial charge in [0.15, 0.2) is 0 Å². The van der Waals surface area contributed by atoms with E-state index in [1.807, 2.05) is 11.9 Å². The number of likely N-dealkylation sites (tertiary alicyclic amines) is 1. The van der Waals surface area contributed by atoms with E-state index in [9.17, 15) is 4.79 Å². The second kappa shape index (κ2) is 6.53. The summed E-state index contributed by atoms with van der Waals surface area (Å²) in [6.07, 6.45) is 8.53. The minimum Gasteiger partial charge on any atom is -0.344 e. The summed E-state index contributed by atoms with van der Waals surface area (Å²) < 4.78 is 0. The fourth-order valence-corrected chi connectivity index (χ4v) is 3.39. The van der Waals surface area contributed by atoms with E-state index in [0.717, 1.165) is 32.5 Å². The third-order valence-corrected chi connectivity index (χ3v) is 4.46. The lowest BCUT2D eigenvalue weighted by molar-refractivity contribution is -0.132. The molecule has 1 aliphatic carbocycles. The Morgan fingerprint density at radius 1 is 1.28 bits per heavy atom. The van der Waals surface area contributed by atoms with Crippen LogP contribution in [-0.4, -0.2) is 54.5 Å². The van der Waals surface area contributed by atoms with E-state index in [-0.39, 0.29) is 6.04 Å². The molecule has 18 heavy (non-hydrogen) atoms. The molecule has 1 saturated heterocycles. The third kappa shape index (κ3) is 3.04. The fourth-order valence-electron chi connectivity index (χ4n) is 3.39. The quantitative estimate of drug-likeness (QED) is 0.801. The van der Waals surface area contributed by atoms with Crippen molar-refractivity contribution in [3.63, 3.8) is 0 Å². The van der Waals surface area contributed by atoms with Crippen molar-refractivity contribution in [1.29, 1.82) is 0 Å². The van der Waals surface area contributed by atoms with E-state index in [4.69, 9.17) is 5.73 Å². The highest BCUT2D eigenvalue weighted by molar-refractivity contribution is 5.83. The van der Waals surface area contributed by atoms with Crippen molar-refractivity contribution in [2.75, 3.05) is 26.7 Å². The molecular weight excluding hydrogens is 226 g/mol. The van der Waals surface area contributed by atoms with Gasteiger partial charge in [-0.2, -0.15) is 0 Å². The van der Waals surface area contributed by atoms with Crippen molar-refractivity contribution in [1.82, 2.24) is 9.80 Å². The predicted octanol–water partition coefficient (Wildman–Crippen LogP) is 1.20. The molecule has 1 heterocycles. The number of amides is 1. The van der Waals surface area contributed by atoms with Crippen molar-refractivity contribution < 1.29 is 4.79 Å². The summed E-state index contributed by atoms with van der Waals surface area (Å²) in [6.45, 7) is 2.63. The minimum atomic E-state index is 0.129. The summed E-state index contributed by atoms with van der Waals surface area (Å²) in [7, 11) is 1.92. The van der Waals surface area contributed by atoms with Crippen LogP contribution in [0.4, 0.5) is 0 Å². The van der Waals surface area contributed by atoms with Crippen LogP contribution >= 0.6 is 0 Å². The molecule has 0 aromatic rings. The first-order valence-electron chi connectivity index (χ1n) is 7.45. The van der Waals surface area contributed by atoms with Gasteiger partial charge in [0.05, 0.1) is 6.04 Å². The number of nitrogens with two attached hydrogens (primary N) is 1. The van der Waals surface area contributed by atoms with E-state index in [1.165, 1.54) is 32.1 Å². The highest BCUT2D eigenvalue weighted by Gasteiger charge is 2.37. The zero-order valence-corrected chi connectivity index (χ0v) is 11.6. The van der Waals surface area contributed by atoms with Crippen LogP contribution in [0.25, 0.3) is 0 Å². The number of rotatable bonds is 5. The number of carbonyl (C=O) groups is 1. The largest absolute Gasteiger partial charge is 0.344 e. The Balaban J connectivity index is 2.01. The highest BCUT2D eigenvalue weighted by atomic mass is 16.2. The van der Waals surface area contributed by atoms with E-state index in [2.05, 4.69) is 4.90 Å². The van der Waals surface area contributed by atoms with Gasteiger partial charge in [0.1, 0.15) is 0 Å². The summed E-state index contributed by atoms with van der Waals surface area (Å²) in [5, 5.41) is 0. The lowest BCUT2D eigenvalue weighted by atomic mass is 9.92. The number of nitrogens with zero attached hydrogens (tertiary/aromatic N) is 2. The van der Waals surface area contributed by atoms with Crippen molar-refractivity contribution in [2.24, 2.45) is 5.73 Å². The van der Waals surface area contributed by atoms with Crippen molar-refractivity contribution >= 4 is 5.91 Å². The van der Waals surface area contributed by atoms with Gasteiger partial charge in [-0.1, -0.05) is 19.3 Å². The fraction of sp³-hybridized carbons (Fsp3) is 0.929. The zero-order chi connectivity index (χ0) is 13.0. The number of hydrogen-bond donors (Lipinski definition) is 1. The molecule has 0 radical (unpaired) electrons. The summed E-state index contributed by atoms with van der Waals surface area (Å²) >= 11 is 0. The lowest BCUT2D eigenvalue weighted by Crippen LogP contribution is -2.48. The molecular formula is C14H27N3O. The second-order valence-electron chi connectivity index (χ2n) is 5.74. The lowest BCUT2D eigenvalue weighted by Gasteiger charge is -2.37. The third-order valence-electron chi connectivity index (χ3n) is 4.46. The highest BCUT2D eigenvalue weighted by Crippen LogP contribution is 2.27. The molecule has 0 bridgehead atoms. The molecule has 4 nitrogen and oxygen atoms in total. The molecule has 0 aromatic heterocycles. The van der Waals surface area contributed by atoms with Crippen molar-refractivity contribution in [2.45, 2.75) is 57.0 Å². The van der Waals surface area contributed by atoms with Crippen LogP contribution in [0.15, 0.2) is 0 Å². The van der Waals surface area contributed by atoms with E-state index in [1.54, 1.807) is 0 Å². The number of likely N-dealkylation sites (N-methyl/N-ethyl adjacent to an activating group) is 1. The molecule has 1 unspecified atom stereocenters. The van der Waals surface area contributed by atoms with E-state index >= 15 is 0 Å². The van der Waals surface area contributed by atoms with Gasteiger partial charge in [-0.3, -0.25) is 9.69 Å². The second-order valence-corrected chi connectivity index (χ2v) is 5.74. The monoisotopic (exact) mass is 253 g/mol. The Morgan fingerprint density at radius 2 is 2.00 bits per heavy atom. The van der Waals surface area contributed by atoms with Gasteiger partial charge in [0, 0.05) is 26.2 Å². The van der Waals surface area contributed by atoms with Crippen LogP contribution in [0.5, 0.6) is 0 Å². The molecule has 1 atom stereocenters. The number of carbonyl (C=O) groups excluding carboxylic acids is 1. The van der Waals surface area contributed by atoms with Gasteiger partial charge >= 0.3 is 0 Å². The van der Waals surface area contributed by atoms with E-state index < -0.39 is 0 Å². The van der Waals surface area contributed by atoms with Gasteiger partial charge < -0.3 is 10.6 Å². The Hall–Kier alpha value is -0.610. The van der Waals surface area contributed by atoms with Crippen molar-refractivity contribution in [3.8, 4) is 0 Å². The van der Waals surface area contributed by atoms with Gasteiger partial charge in [-0.15, -0.1) is 0 Å². The first-order valence-corrected chi connectivity index (χ1v) is 7.45. The minimum absolute atomic E-state index is 0.129. The van der Waals surface area contributed by atoms with Crippen LogP contribution < -0.4 is 5.73 Å². The zero-order valence-electron chi connectivity index (χ0n) is 11.6. The van der Waals surface area contributed by atoms with Gasteiger partial charge in [0.2, 0.25) is 5.91 Å². The average Bonchev–Trinajstić information content (AvgIpc) is 2.73. The van der Waals surface area contributed by atoms with Crippen molar-refractivity contribution in [3.05, 3.63) is 0 Å². The molecule has 2 rings (SSSR count). The summed E-state index contributed by atoms with van der Waals surface area (Å²) in [5.74, 6) is 0.317. The maximum Gasteiger partial charge on any atom is 0.239 e. The predicted molar refractivity (Wildman–Crippen MR) is 73.3 cm³/mol. The van der Waals surface area contributed by atoms with Crippen LogP contribution in [0, 0.1) is 0 Å². The molecule has 104 valence electrons. The molecule has 4 heteroatoms. The SMILES string of the molecule is CN1CCC(N(CCCN)C2CCCCC2)C1=O. The first-order chi connectivity index (χ1) is 8.74. The van der Waals surface area contributed by atoms with Crippen LogP contribution in [-0.2, 0) is 4.79 Å². The first kappa shape index (κ1) is 13.8. The molecule has 2 fully saturated rings.